The average Bonchev–Trinajstić information content (AvgIpc) is 3.10. The smallest absolute Gasteiger partial charge is 0.312 e. The fourth-order valence-electron chi connectivity index (χ4n) is 3.71. The molecule has 3 heteroatoms. The predicted molar refractivity (Wildman–Crippen MR) is 84.0 cm³/mol. The fraction of sp³-hybridized carbons (Fsp3) is 0.944. The molecule has 1 aliphatic heterocycles. The van der Waals surface area contributed by atoms with E-state index in [0.717, 1.165) is 19.3 Å². The molecular weight excluding hydrogens is 264 g/mol. The molecule has 0 radical (unpaired) electrons. The monoisotopic (exact) mass is 296 g/mol. The molecule has 2 aliphatic rings. The molecule has 0 amide bonds. The third-order valence-corrected chi connectivity index (χ3v) is 5.97. The highest BCUT2D eigenvalue weighted by Gasteiger charge is 2.54. The first-order valence-electron chi connectivity index (χ1n) is 8.29. The van der Waals surface area contributed by atoms with Crippen LogP contribution in [0.3, 0.4) is 0 Å². The van der Waals surface area contributed by atoms with Crippen LogP contribution in [0.15, 0.2) is 0 Å². The lowest BCUT2D eigenvalue weighted by molar-refractivity contribution is -0.174. The minimum Gasteiger partial charge on any atom is -0.465 e. The zero-order valence-electron chi connectivity index (χ0n) is 14.8. The van der Waals surface area contributed by atoms with E-state index in [4.69, 9.17) is 9.47 Å². The molecule has 2 fully saturated rings. The molecule has 0 aromatic rings. The first-order valence-corrected chi connectivity index (χ1v) is 8.29. The van der Waals surface area contributed by atoms with Crippen molar-refractivity contribution in [1.29, 1.82) is 0 Å². The summed E-state index contributed by atoms with van der Waals surface area (Å²) in [5.41, 5.74) is -0.785. The van der Waals surface area contributed by atoms with Gasteiger partial charge >= 0.3 is 5.97 Å². The van der Waals surface area contributed by atoms with Crippen LogP contribution in [0.4, 0.5) is 0 Å². The van der Waals surface area contributed by atoms with E-state index in [-0.39, 0.29) is 16.8 Å². The third kappa shape index (κ3) is 3.13. The maximum absolute atomic E-state index is 12.8. The largest absolute Gasteiger partial charge is 0.465 e. The second-order valence-electron chi connectivity index (χ2n) is 9.12. The highest BCUT2D eigenvalue weighted by molar-refractivity contribution is 5.78. The van der Waals surface area contributed by atoms with Crippen molar-refractivity contribution in [1.82, 2.24) is 0 Å². The lowest BCUT2D eigenvalue weighted by Crippen LogP contribution is -2.51. The van der Waals surface area contributed by atoms with Crippen LogP contribution in [0.25, 0.3) is 0 Å². The second kappa shape index (κ2) is 5.26. The lowest BCUT2D eigenvalue weighted by atomic mass is 9.55. The number of epoxide rings is 1. The van der Waals surface area contributed by atoms with Crippen molar-refractivity contribution in [3.8, 4) is 0 Å². The summed E-state index contributed by atoms with van der Waals surface area (Å²) in [5.74, 6) is 0.420. The van der Waals surface area contributed by atoms with Gasteiger partial charge in [0, 0.05) is 0 Å². The number of carbonyl (C=O) groups excluding carboxylic acids is 1. The molecule has 21 heavy (non-hydrogen) atoms. The van der Waals surface area contributed by atoms with Crippen LogP contribution in [0, 0.1) is 22.2 Å². The SMILES string of the molecule is CC(C)(C)C(C)(C(=O)OCC1CCC2OC2C1)C(C)(C)C. The quantitative estimate of drug-likeness (QED) is 0.579. The van der Waals surface area contributed by atoms with Gasteiger partial charge in [-0.05, 0) is 42.9 Å². The van der Waals surface area contributed by atoms with Crippen LogP contribution in [0.2, 0.25) is 0 Å². The van der Waals surface area contributed by atoms with Gasteiger partial charge in [0.15, 0.2) is 0 Å². The van der Waals surface area contributed by atoms with Gasteiger partial charge in [0.1, 0.15) is 0 Å². The number of hydrogen-bond donors (Lipinski definition) is 0. The maximum atomic E-state index is 12.8. The van der Waals surface area contributed by atoms with Crippen LogP contribution >= 0.6 is 0 Å². The summed E-state index contributed by atoms with van der Waals surface area (Å²) in [7, 11) is 0. The van der Waals surface area contributed by atoms with Crippen LogP contribution in [0.1, 0.15) is 67.7 Å². The molecule has 3 nitrogen and oxygen atoms in total. The molecule has 0 bridgehead atoms. The summed E-state index contributed by atoms with van der Waals surface area (Å²) in [6.45, 7) is 15.4. The van der Waals surface area contributed by atoms with Gasteiger partial charge in [-0.3, -0.25) is 4.79 Å². The highest BCUT2D eigenvalue weighted by atomic mass is 16.6. The van der Waals surface area contributed by atoms with Gasteiger partial charge in [0.25, 0.3) is 0 Å². The van der Waals surface area contributed by atoms with E-state index in [2.05, 4.69) is 48.5 Å². The Morgan fingerprint density at radius 2 is 1.57 bits per heavy atom. The minimum atomic E-state index is -0.507. The first-order chi connectivity index (χ1) is 9.47. The summed E-state index contributed by atoms with van der Waals surface area (Å²) in [5, 5.41) is 0. The maximum Gasteiger partial charge on any atom is 0.312 e. The third-order valence-electron chi connectivity index (χ3n) is 5.97. The number of fused-ring (bicyclic) bond motifs is 1. The molecule has 3 atom stereocenters. The number of carbonyl (C=O) groups is 1. The molecule has 122 valence electrons. The van der Waals surface area contributed by atoms with E-state index in [1.165, 1.54) is 0 Å². The Bertz CT molecular complexity index is 386. The first kappa shape index (κ1) is 16.8. The molecular formula is C18H32O3. The van der Waals surface area contributed by atoms with Gasteiger partial charge in [-0.2, -0.15) is 0 Å². The molecule has 3 unspecified atom stereocenters. The Kier molecular flexibility index (Phi) is 4.20. The van der Waals surface area contributed by atoms with Gasteiger partial charge < -0.3 is 9.47 Å². The van der Waals surface area contributed by atoms with Crippen molar-refractivity contribution in [3.63, 3.8) is 0 Å². The summed E-state index contributed by atoms with van der Waals surface area (Å²) in [6, 6.07) is 0. The van der Waals surface area contributed by atoms with Crippen molar-refractivity contribution in [3.05, 3.63) is 0 Å². The van der Waals surface area contributed by atoms with E-state index >= 15 is 0 Å². The Labute approximate surface area is 129 Å². The van der Waals surface area contributed by atoms with Crippen LogP contribution in [-0.2, 0) is 14.3 Å². The fourth-order valence-corrected chi connectivity index (χ4v) is 3.71. The van der Waals surface area contributed by atoms with Crippen molar-refractivity contribution >= 4 is 5.97 Å². The predicted octanol–water partition coefficient (Wildman–Crippen LogP) is 4.20. The molecule has 0 aromatic heterocycles. The summed E-state index contributed by atoms with van der Waals surface area (Å²) in [6.07, 6.45) is 4.25. The molecule has 1 saturated heterocycles. The minimum absolute atomic E-state index is 0.0543. The Morgan fingerprint density at radius 3 is 2.05 bits per heavy atom. The zero-order chi connectivity index (χ0) is 16.1. The Morgan fingerprint density at radius 1 is 1.00 bits per heavy atom. The summed E-state index contributed by atoms with van der Waals surface area (Å²) in [4.78, 5) is 12.8. The molecule has 0 N–H and O–H groups in total. The van der Waals surface area contributed by atoms with Crippen LogP contribution in [0.5, 0.6) is 0 Å². The van der Waals surface area contributed by atoms with Gasteiger partial charge in [0.2, 0.25) is 0 Å². The second-order valence-corrected chi connectivity index (χ2v) is 9.12. The van der Waals surface area contributed by atoms with Crippen LogP contribution < -0.4 is 0 Å². The normalized spacial score (nSPS) is 29.8. The molecule has 1 heterocycles. The highest BCUT2D eigenvalue weighted by Crippen LogP contribution is 2.52. The Hall–Kier alpha value is -0.570. The van der Waals surface area contributed by atoms with E-state index in [9.17, 15) is 4.79 Å². The van der Waals surface area contributed by atoms with Crippen molar-refractivity contribution in [2.75, 3.05) is 6.61 Å². The van der Waals surface area contributed by atoms with Crippen molar-refractivity contribution < 1.29 is 14.3 Å². The number of rotatable bonds is 3. The van der Waals surface area contributed by atoms with Gasteiger partial charge in [0.05, 0.1) is 24.2 Å². The molecule has 0 aromatic carbocycles. The summed E-state index contributed by atoms with van der Waals surface area (Å²) >= 11 is 0. The molecule has 1 saturated carbocycles. The van der Waals surface area contributed by atoms with Crippen LogP contribution in [-0.4, -0.2) is 24.8 Å². The van der Waals surface area contributed by atoms with E-state index in [0.29, 0.717) is 24.7 Å². The number of esters is 1. The zero-order valence-corrected chi connectivity index (χ0v) is 14.8. The Balaban J connectivity index is 1.98. The van der Waals surface area contributed by atoms with Gasteiger partial charge in [-0.25, -0.2) is 0 Å². The topological polar surface area (TPSA) is 38.8 Å². The average molecular weight is 296 g/mol. The van der Waals surface area contributed by atoms with E-state index < -0.39 is 5.41 Å². The standard InChI is InChI=1S/C18H32O3/c1-16(2,3)18(7,17(4,5)6)15(19)20-11-12-8-9-13-14(10-12)21-13/h12-14H,8-11H2,1-7H3. The van der Waals surface area contributed by atoms with Gasteiger partial charge in [-0.1, -0.05) is 41.5 Å². The molecule has 2 rings (SSSR count). The lowest BCUT2D eigenvalue weighted by Gasteiger charge is -2.49. The van der Waals surface area contributed by atoms with Crippen molar-refractivity contribution in [2.45, 2.75) is 79.9 Å². The number of hydrogen-bond acceptors (Lipinski definition) is 3. The van der Waals surface area contributed by atoms with E-state index in [1.54, 1.807) is 0 Å². The summed E-state index contributed by atoms with van der Waals surface area (Å²) < 4.78 is 11.3. The molecule has 1 aliphatic carbocycles. The van der Waals surface area contributed by atoms with E-state index in [1.807, 2.05) is 0 Å². The molecule has 0 spiro atoms. The van der Waals surface area contributed by atoms with Crippen molar-refractivity contribution in [2.24, 2.45) is 22.2 Å². The van der Waals surface area contributed by atoms with Gasteiger partial charge in [-0.15, -0.1) is 0 Å². The number of ether oxygens (including phenoxy) is 2.